The van der Waals surface area contributed by atoms with Gasteiger partial charge in [-0.2, -0.15) is 0 Å². The lowest BCUT2D eigenvalue weighted by Crippen LogP contribution is -2.35. The highest BCUT2D eigenvalue weighted by Crippen LogP contribution is 2.39. The van der Waals surface area contributed by atoms with E-state index in [2.05, 4.69) is 11.8 Å². The van der Waals surface area contributed by atoms with E-state index in [1.54, 1.807) is 0 Å². The fraction of sp³-hybridized carbons (Fsp3) is 0.909. The molecule has 0 saturated heterocycles. The minimum absolute atomic E-state index is 0.113. The van der Waals surface area contributed by atoms with Crippen LogP contribution in [0.5, 0.6) is 0 Å². The normalized spacial score (nSPS) is 41.7. The molecule has 0 amide bonds. The van der Waals surface area contributed by atoms with Gasteiger partial charge in [-0.15, -0.1) is 0 Å². The van der Waals surface area contributed by atoms with Gasteiger partial charge in [0.05, 0.1) is 12.2 Å². The third-order valence-corrected chi connectivity index (χ3v) is 6.51. The highest BCUT2D eigenvalue weighted by molar-refractivity contribution is 5.11. The summed E-state index contributed by atoms with van der Waals surface area (Å²) in [4.78, 5) is 0. The Morgan fingerprint density at radius 3 is 1.92 bits per heavy atom. The van der Waals surface area contributed by atoms with Gasteiger partial charge in [0.15, 0.2) is 0 Å². The molecule has 0 aromatic rings. The second-order valence-electron chi connectivity index (χ2n) is 8.22. The number of nitrogens with two attached hydrogens (primary N) is 1. The molecule has 0 spiro atoms. The van der Waals surface area contributed by atoms with Crippen LogP contribution in [0.4, 0.5) is 0 Å². The second kappa shape index (κ2) is 10.6. The van der Waals surface area contributed by atoms with Gasteiger partial charge < -0.3 is 15.9 Å². The molecule has 0 aromatic heterocycles. The molecular weight excluding hydrogens is 310 g/mol. The number of aliphatic hydroxyl groups excluding tert-OH is 2. The van der Waals surface area contributed by atoms with Crippen molar-refractivity contribution in [2.75, 3.05) is 0 Å². The van der Waals surface area contributed by atoms with E-state index in [-0.39, 0.29) is 18.1 Å². The minimum atomic E-state index is -0.244. The Hall–Kier alpha value is -0.560. The lowest BCUT2D eigenvalue weighted by molar-refractivity contribution is 0.0424. The van der Waals surface area contributed by atoms with Gasteiger partial charge in [0.1, 0.15) is 0 Å². The Kier molecular flexibility index (Phi) is 8.76. The molecule has 3 aliphatic rings. The van der Waals surface area contributed by atoms with Crippen LogP contribution in [0.3, 0.4) is 0 Å². The van der Waals surface area contributed by atoms with Crippen LogP contribution in [0.25, 0.3) is 0 Å². The summed E-state index contributed by atoms with van der Waals surface area (Å²) >= 11 is 0. The first kappa shape index (κ1) is 20.7. The van der Waals surface area contributed by atoms with Crippen molar-refractivity contribution >= 4 is 0 Å². The SMILES string of the molecule is CC.NC1CCC(C2CCC(C#CC3CCC(O)CC3)C(O)C2)CC1. The van der Waals surface area contributed by atoms with Crippen LogP contribution < -0.4 is 5.73 Å². The van der Waals surface area contributed by atoms with E-state index >= 15 is 0 Å². The molecule has 3 nitrogen and oxygen atoms in total. The first-order valence-electron chi connectivity index (χ1n) is 10.7. The molecule has 3 aliphatic carbocycles. The van der Waals surface area contributed by atoms with E-state index in [0.717, 1.165) is 57.3 Å². The topological polar surface area (TPSA) is 66.5 Å². The van der Waals surface area contributed by atoms with Crippen LogP contribution >= 0.6 is 0 Å². The predicted molar refractivity (Wildman–Crippen MR) is 104 cm³/mol. The predicted octanol–water partition coefficient (Wildman–Crippen LogP) is 3.86. The number of hydrogen-bond donors (Lipinski definition) is 3. The average Bonchev–Trinajstić information content (AvgIpc) is 2.64. The molecule has 0 radical (unpaired) electrons. The molecule has 0 aromatic carbocycles. The van der Waals surface area contributed by atoms with E-state index in [1.807, 2.05) is 13.8 Å². The summed E-state index contributed by atoms with van der Waals surface area (Å²) < 4.78 is 0. The Bertz CT molecular complexity index is 425. The molecule has 25 heavy (non-hydrogen) atoms. The molecule has 3 rings (SSSR count). The lowest BCUT2D eigenvalue weighted by atomic mass is 9.69. The molecule has 3 fully saturated rings. The number of rotatable bonds is 1. The summed E-state index contributed by atoms with van der Waals surface area (Å²) in [6.45, 7) is 4.00. The zero-order valence-corrected chi connectivity index (χ0v) is 16.3. The summed E-state index contributed by atoms with van der Waals surface area (Å²) in [5, 5.41) is 20.1. The van der Waals surface area contributed by atoms with Gasteiger partial charge >= 0.3 is 0 Å². The maximum atomic E-state index is 10.5. The van der Waals surface area contributed by atoms with Gasteiger partial charge in [0.2, 0.25) is 0 Å². The molecule has 0 bridgehead atoms. The van der Waals surface area contributed by atoms with Gasteiger partial charge in [-0.05, 0) is 82.5 Å². The van der Waals surface area contributed by atoms with Gasteiger partial charge in [-0.1, -0.05) is 25.7 Å². The van der Waals surface area contributed by atoms with E-state index < -0.39 is 0 Å². The molecule has 3 heteroatoms. The third kappa shape index (κ3) is 6.27. The van der Waals surface area contributed by atoms with Crippen LogP contribution in [0, 0.1) is 35.5 Å². The molecule has 3 saturated carbocycles. The van der Waals surface area contributed by atoms with Crippen molar-refractivity contribution in [3.63, 3.8) is 0 Å². The van der Waals surface area contributed by atoms with Gasteiger partial charge in [-0.3, -0.25) is 0 Å². The maximum absolute atomic E-state index is 10.5. The van der Waals surface area contributed by atoms with Crippen molar-refractivity contribution in [2.45, 2.75) is 103 Å². The third-order valence-electron chi connectivity index (χ3n) is 6.51. The second-order valence-corrected chi connectivity index (χ2v) is 8.22. The fourth-order valence-electron chi connectivity index (χ4n) is 4.84. The quantitative estimate of drug-likeness (QED) is 0.630. The van der Waals surface area contributed by atoms with Crippen LogP contribution in [0.1, 0.15) is 84.5 Å². The first-order chi connectivity index (χ1) is 12.1. The Labute approximate surface area is 154 Å². The Morgan fingerprint density at radius 2 is 1.32 bits per heavy atom. The zero-order valence-electron chi connectivity index (χ0n) is 16.3. The van der Waals surface area contributed by atoms with E-state index in [0.29, 0.717) is 17.9 Å². The lowest BCUT2D eigenvalue weighted by Gasteiger charge is -2.38. The highest BCUT2D eigenvalue weighted by Gasteiger charge is 2.34. The largest absolute Gasteiger partial charge is 0.393 e. The summed E-state index contributed by atoms with van der Waals surface area (Å²) in [6.07, 6.45) is 11.5. The minimum Gasteiger partial charge on any atom is -0.393 e. The maximum Gasteiger partial charge on any atom is 0.0680 e. The van der Waals surface area contributed by atoms with E-state index in [1.165, 1.54) is 19.3 Å². The molecular formula is C22H39NO2. The first-order valence-corrected chi connectivity index (χ1v) is 10.7. The van der Waals surface area contributed by atoms with Crippen LogP contribution in [-0.2, 0) is 0 Å². The zero-order chi connectivity index (χ0) is 18.2. The van der Waals surface area contributed by atoms with E-state index in [9.17, 15) is 10.2 Å². The van der Waals surface area contributed by atoms with Gasteiger partial charge in [0, 0.05) is 17.9 Å². The van der Waals surface area contributed by atoms with Crippen LogP contribution in [0.15, 0.2) is 0 Å². The Balaban J connectivity index is 0.00000109. The van der Waals surface area contributed by atoms with E-state index in [4.69, 9.17) is 5.73 Å². The summed E-state index contributed by atoms with van der Waals surface area (Å²) in [6, 6.07) is 0.410. The summed E-state index contributed by atoms with van der Waals surface area (Å²) in [5.41, 5.74) is 6.01. The van der Waals surface area contributed by atoms with Crippen molar-refractivity contribution in [3.05, 3.63) is 0 Å². The fourth-order valence-corrected chi connectivity index (χ4v) is 4.84. The van der Waals surface area contributed by atoms with Crippen LogP contribution in [-0.4, -0.2) is 28.5 Å². The number of hydrogen-bond acceptors (Lipinski definition) is 3. The average molecular weight is 350 g/mol. The number of aliphatic hydroxyl groups is 2. The molecule has 3 unspecified atom stereocenters. The van der Waals surface area contributed by atoms with Crippen molar-refractivity contribution in [3.8, 4) is 11.8 Å². The van der Waals surface area contributed by atoms with Crippen molar-refractivity contribution in [1.82, 2.24) is 0 Å². The molecule has 0 heterocycles. The highest BCUT2D eigenvalue weighted by atomic mass is 16.3. The molecule has 144 valence electrons. The van der Waals surface area contributed by atoms with Crippen molar-refractivity contribution < 1.29 is 10.2 Å². The molecule has 4 N–H and O–H groups in total. The van der Waals surface area contributed by atoms with Gasteiger partial charge in [0.25, 0.3) is 0 Å². The Morgan fingerprint density at radius 1 is 0.720 bits per heavy atom. The molecule has 0 aliphatic heterocycles. The smallest absolute Gasteiger partial charge is 0.0680 e. The van der Waals surface area contributed by atoms with Crippen molar-refractivity contribution in [1.29, 1.82) is 0 Å². The standard InChI is InChI=1S/C20H33NO2.C2H6/c21-18-9-7-15(8-10-18)17-6-5-16(20(23)13-17)4-1-14-2-11-19(22)12-3-14;1-2/h14-20,22-23H,2-3,5-13,21H2;1-2H3. The monoisotopic (exact) mass is 349 g/mol. The van der Waals surface area contributed by atoms with Crippen molar-refractivity contribution in [2.24, 2.45) is 29.4 Å². The summed E-state index contributed by atoms with van der Waals surface area (Å²) in [7, 11) is 0. The summed E-state index contributed by atoms with van der Waals surface area (Å²) in [5.74, 6) is 8.85. The van der Waals surface area contributed by atoms with Crippen LogP contribution in [0.2, 0.25) is 0 Å². The van der Waals surface area contributed by atoms with Gasteiger partial charge in [-0.25, -0.2) is 0 Å². The molecule has 3 atom stereocenters.